The van der Waals surface area contributed by atoms with Gasteiger partial charge in [0.25, 0.3) is 0 Å². The van der Waals surface area contributed by atoms with E-state index in [1.165, 1.54) is 0 Å². The van der Waals surface area contributed by atoms with E-state index < -0.39 is 0 Å². The number of halogens is 1. The van der Waals surface area contributed by atoms with E-state index in [1.54, 1.807) is 0 Å². The molecule has 0 amide bonds. The maximum Gasteiger partial charge on any atom is 0.222 e. The third kappa shape index (κ3) is 2.02. The van der Waals surface area contributed by atoms with Crippen molar-refractivity contribution >= 4 is 26.4 Å². The minimum absolute atomic E-state index is 0.125. The number of benzene rings is 1. The second-order valence-electron chi connectivity index (χ2n) is 2.28. The van der Waals surface area contributed by atoms with Crippen LogP contribution in [-0.4, -0.2) is 3.79 Å². The van der Waals surface area contributed by atoms with Crippen molar-refractivity contribution in [3.8, 4) is 0 Å². The number of carbonyl (C=O) groups excluding carboxylic acids is 1. The van der Waals surface area contributed by atoms with Gasteiger partial charge in [0.2, 0.25) is 3.79 Å². The van der Waals surface area contributed by atoms with E-state index in [0.717, 1.165) is 17.5 Å². The molecule has 2 heteroatoms. The average Bonchev–Trinajstić information content (AvgIpc) is 2.04. The lowest BCUT2D eigenvalue weighted by molar-refractivity contribution is 0.110. The molecule has 0 spiro atoms. The van der Waals surface area contributed by atoms with Crippen LogP contribution < -0.4 is 0 Å². The molecule has 1 aromatic carbocycles. The Labute approximate surface area is 79.9 Å². The van der Waals surface area contributed by atoms with E-state index in [1.807, 2.05) is 46.9 Å². The van der Waals surface area contributed by atoms with Crippen molar-refractivity contribution in [1.82, 2.24) is 0 Å². The first-order chi connectivity index (χ1) is 5.25. The molecule has 0 N–H and O–H groups in total. The number of rotatable bonds is 2. The topological polar surface area (TPSA) is 17.1 Å². The Morgan fingerprint density at radius 1 is 1.45 bits per heavy atom. The molecule has 0 aliphatic carbocycles. The van der Waals surface area contributed by atoms with Crippen LogP contribution in [0.5, 0.6) is 0 Å². The van der Waals surface area contributed by atoms with Crippen molar-refractivity contribution in [2.75, 3.05) is 0 Å². The fourth-order valence-electron chi connectivity index (χ4n) is 1.02. The van der Waals surface area contributed by atoms with Crippen LogP contribution in [0.15, 0.2) is 24.3 Å². The van der Waals surface area contributed by atoms with Gasteiger partial charge >= 0.3 is 0 Å². The van der Waals surface area contributed by atoms with Gasteiger partial charge in [-0.2, -0.15) is 0 Å². The Morgan fingerprint density at radius 3 is 2.55 bits per heavy atom. The predicted octanol–water partition coefficient (Wildman–Crippen LogP) is 2.82. The van der Waals surface area contributed by atoms with Crippen molar-refractivity contribution in [2.24, 2.45) is 0 Å². The first kappa shape index (κ1) is 8.71. The largest absolute Gasteiger partial charge is 0.282 e. The fraction of sp³-hybridized carbons (Fsp3) is 0.222. The summed E-state index contributed by atoms with van der Waals surface area (Å²) in [5, 5.41) is 0. The third-order valence-corrected chi connectivity index (χ3v) is 2.19. The highest BCUT2D eigenvalue weighted by Crippen LogP contribution is 2.12. The summed E-state index contributed by atoms with van der Waals surface area (Å²) in [7, 11) is 0. The molecule has 1 aromatic rings. The van der Waals surface area contributed by atoms with Gasteiger partial charge in [-0.05, 0) is 12.0 Å². The molecule has 0 aromatic heterocycles. The van der Waals surface area contributed by atoms with E-state index >= 15 is 0 Å². The van der Waals surface area contributed by atoms with Crippen molar-refractivity contribution in [2.45, 2.75) is 13.3 Å². The maximum absolute atomic E-state index is 11.0. The van der Waals surface area contributed by atoms with Gasteiger partial charge in [0.1, 0.15) is 0 Å². The van der Waals surface area contributed by atoms with E-state index in [9.17, 15) is 4.79 Å². The lowest BCUT2D eigenvalue weighted by atomic mass is 10.1. The average molecular weight is 260 g/mol. The van der Waals surface area contributed by atoms with Gasteiger partial charge in [-0.1, -0.05) is 31.2 Å². The normalized spacial score (nSPS) is 9.64. The minimum atomic E-state index is 0.125. The van der Waals surface area contributed by atoms with Gasteiger partial charge < -0.3 is 0 Å². The zero-order valence-corrected chi connectivity index (χ0v) is 8.46. The van der Waals surface area contributed by atoms with E-state index in [2.05, 4.69) is 6.92 Å². The molecular weight excluding hydrogens is 251 g/mol. The summed E-state index contributed by atoms with van der Waals surface area (Å²) < 4.78 is 0.125. The van der Waals surface area contributed by atoms with E-state index in [4.69, 9.17) is 0 Å². The highest BCUT2D eigenvalue weighted by molar-refractivity contribution is 14.1. The first-order valence-electron chi connectivity index (χ1n) is 3.53. The maximum atomic E-state index is 11.0. The monoisotopic (exact) mass is 260 g/mol. The van der Waals surface area contributed by atoms with Gasteiger partial charge in [-0.3, -0.25) is 4.79 Å². The van der Waals surface area contributed by atoms with Crippen LogP contribution in [0.3, 0.4) is 0 Å². The van der Waals surface area contributed by atoms with Crippen LogP contribution in [0.4, 0.5) is 0 Å². The summed E-state index contributed by atoms with van der Waals surface area (Å²) >= 11 is 1.82. The molecule has 0 fully saturated rings. The van der Waals surface area contributed by atoms with Crippen LogP contribution in [0.2, 0.25) is 0 Å². The smallest absolute Gasteiger partial charge is 0.222 e. The molecule has 1 nitrogen and oxygen atoms in total. The van der Waals surface area contributed by atoms with Gasteiger partial charge in [-0.25, -0.2) is 0 Å². The van der Waals surface area contributed by atoms with E-state index in [0.29, 0.717) is 0 Å². The summed E-state index contributed by atoms with van der Waals surface area (Å²) in [6, 6.07) is 7.71. The van der Waals surface area contributed by atoms with Crippen molar-refractivity contribution < 1.29 is 4.79 Å². The van der Waals surface area contributed by atoms with Crippen molar-refractivity contribution in [1.29, 1.82) is 0 Å². The molecule has 58 valence electrons. The fourth-order valence-corrected chi connectivity index (χ4v) is 1.55. The molecule has 0 saturated carbocycles. The molecule has 0 radical (unpaired) electrons. The van der Waals surface area contributed by atoms with Gasteiger partial charge in [0.15, 0.2) is 0 Å². The molecule has 0 aliphatic heterocycles. The zero-order chi connectivity index (χ0) is 8.27. The molecule has 1 rings (SSSR count). The summed E-state index contributed by atoms with van der Waals surface area (Å²) in [5.41, 5.74) is 1.97. The van der Waals surface area contributed by atoms with Crippen molar-refractivity contribution in [3.63, 3.8) is 0 Å². The summed E-state index contributed by atoms with van der Waals surface area (Å²) in [5.74, 6) is 0. The molecule has 0 bridgehead atoms. The molecular formula is C9H9IO. The Morgan fingerprint density at radius 2 is 2.09 bits per heavy atom. The highest BCUT2D eigenvalue weighted by atomic mass is 127. The number of hydrogen-bond acceptors (Lipinski definition) is 1. The van der Waals surface area contributed by atoms with Crippen LogP contribution >= 0.6 is 22.6 Å². The summed E-state index contributed by atoms with van der Waals surface area (Å²) in [6.07, 6.45) is 0.922. The van der Waals surface area contributed by atoms with E-state index in [-0.39, 0.29) is 3.79 Å². The summed E-state index contributed by atoms with van der Waals surface area (Å²) in [4.78, 5) is 11.0. The number of aryl methyl sites for hydroxylation is 1. The second kappa shape index (κ2) is 3.85. The third-order valence-electron chi connectivity index (χ3n) is 1.61. The van der Waals surface area contributed by atoms with Gasteiger partial charge in [0.05, 0.1) is 0 Å². The van der Waals surface area contributed by atoms with Crippen molar-refractivity contribution in [3.05, 3.63) is 35.4 Å². The molecule has 0 saturated heterocycles. The minimum Gasteiger partial charge on any atom is -0.282 e. The Hall–Kier alpha value is -0.380. The summed E-state index contributed by atoms with van der Waals surface area (Å²) in [6.45, 7) is 2.05. The molecule has 0 heterocycles. The Balaban J connectivity index is 3.12. The molecule has 0 aliphatic rings. The lowest BCUT2D eigenvalue weighted by Crippen LogP contribution is -1.94. The van der Waals surface area contributed by atoms with Crippen LogP contribution in [0.25, 0.3) is 0 Å². The molecule has 0 atom stereocenters. The first-order valence-corrected chi connectivity index (χ1v) is 4.61. The zero-order valence-electron chi connectivity index (χ0n) is 6.30. The van der Waals surface area contributed by atoms with Crippen LogP contribution in [0, 0.1) is 0 Å². The second-order valence-corrected chi connectivity index (χ2v) is 3.26. The van der Waals surface area contributed by atoms with Gasteiger partial charge in [-0.15, -0.1) is 0 Å². The molecule has 0 unspecified atom stereocenters. The SMILES string of the molecule is CCc1ccccc1C(=O)I. The lowest BCUT2D eigenvalue weighted by Gasteiger charge is -2.00. The standard InChI is InChI=1S/C9H9IO/c1-2-7-5-3-4-6-8(7)9(10)11/h3-6H,2H2,1H3. The van der Waals surface area contributed by atoms with Gasteiger partial charge in [0, 0.05) is 28.2 Å². The van der Waals surface area contributed by atoms with Crippen LogP contribution in [-0.2, 0) is 6.42 Å². The predicted molar refractivity (Wildman–Crippen MR) is 54.2 cm³/mol. The molecule has 11 heavy (non-hydrogen) atoms. The van der Waals surface area contributed by atoms with Crippen LogP contribution in [0.1, 0.15) is 22.8 Å². The quantitative estimate of drug-likeness (QED) is 0.590. The highest BCUT2D eigenvalue weighted by Gasteiger charge is 2.04. The Bertz CT molecular complexity index is 268. The number of hydrogen-bond donors (Lipinski definition) is 0. The number of carbonyl (C=O) groups is 1. The Kier molecular flexibility index (Phi) is 3.05.